The van der Waals surface area contributed by atoms with E-state index in [0.29, 0.717) is 5.69 Å². The highest BCUT2D eigenvalue weighted by atomic mass is 16.5. The van der Waals surface area contributed by atoms with E-state index in [0.717, 1.165) is 11.1 Å². The summed E-state index contributed by atoms with van der Waals surface area (Å²) in [5.41, 5.74) is 1.86. The molecule has 1 heterocycles. The summed E-state index contributed by atoms with van der Waals surface area (Å²) in [5, 5.41) is 18.0. The molecule has 2 aromatic carbocycles. The number of benzene rings is 2. The molecular formula is C22H15N3O3. The minimum absolute atomic E-state index is 0.134. The van der Waals surface area contributed by atoms with Crippen molar-refractivity contribution in [2.45, 2.75) is 13.0 Å². The van der Waals surface area contributed by atoms with Crippen molar-refractivity contribution in [1.82, 2.24) is 4.57 Å². The molecule has 0 N–H and O–H groups in total. The van der Waals surface area contributed by atoms with E-state index in [9.17, 15) is 14.9 Å². The third-order valence-electron chi connectivity index (χ3n) is 4.24. The van der Waals surface area contributed by atoms with E-state index in [-0.39, 0.29) is 24.1 Å². The Morgan fingerprint density at radius 2 is 1.64 bits per heavy atom. The molecule has 0 aliphatic heterocycles. The van der Waals surface area contributed by atoms with Crippen molar-refractivity contribution >= 4 is 5.97 Å². The maximum Gasteiger partial charge on any atom is 0.326 e. The summed E-state index contributed by atoms with van der Waals surface area (Å²) < 4.78 is 5.82. The number of hydrogen-bond acceptors (Lipinski definition) is 5. The van der Waals surface area contributed by atoms with Crippen LogP contribution in [0.25, 0.3) is 11.3 Å². The van der Waals surface area contributed by atoms with E-state index in [2.05, 4.69) is 4.74 Å². The summed E-state index contributed by atoms with van der Waals surface area (Å²) in [6.45, 7) is 0.279. The summed E-state index contributed by atoms with van der Waals surface area (Å²) in [6, 6.07) is 22.2. The van der Waals surface area contributed by atoms with Crippen molar-refractivity contribution in [1.29, 1.82) is 10.5 Å². The Balaban J connectivity index is 2.20. The van der Waals surface area contributed by atoms with Gasteiger partial charge < -0.3 is 9.30 Å². The number of esters is 1. The smallest absolute Gasteiger partial charge is 0.326 e. The maximum absolute atomic E-state index is 13.1. The van der Waals surface area contributed by atoms with Crippen LogP contribution in [0.2, 0.25) is 0 Å². The SMILES string of the molecule is N#COC(=O)Cc1cc(-c2ccccc2)n(Cc2ccccc2)c(=O)c1C#N. The number of hydrogen-bond donors (Lipinski definition) is 0. The maximum atomic E-state index is 13.1. The van der Waals surface area contributed by atoms with Crippen LogP contribution >= 0.6 is 0 Å². The van der Waals surface area contributed by atoms with E-state index in [1.807, 2.05) is 66.7 Å². The van der Waals surface area contributed by atoms with E-state index < -0.39 is 11.5 Å². The van der Waals surface area contributed by atoms with E-state index in [1.165, 1.54) is 10.8 Å². The number of pyridine rings is 1. The van der Waals surface area contributed by atoms with Crippen LogP contribution in [0.3, 0.4) is 0 Å². The fourth-order valence-corrected chi connectivity index (χ4v) is 2.97. The number of nitriles is 2. The quantitative estimate of drug-likeness (QED) is 0.509. The van der Waals surface area contributed by atoms with Crippen LogP contribution in [0.1, 0.15) is 16.7 Å². The molecule has 0 unspecified atom stereocenters. The Kier molecular flexibility index (Phi) is 5.64. The van der Waals surface area contributed by atoms with Gasteiger partial charge in [0.05, 0.1) is 18.7 Å². The fraction of sp³-hybridized carbons (Fsp3) is 0.0909. The van der Waals surface area contributed by atoms with Crippen LogP contribution in [0.4, 0.5) is 0 Å². The normalized spacial score (nSPS) is 9.93. The summed E-state index contributed by atoms with van der Waals surface area (Å²) in [7, 11) is 0. The van der Waals surface area contributed by atoms with Gasteiger partial charge in [0.25, 0.3) is 11.8 Å². The third-order valence-corrected chi connectivity index (χ3v) is 4.24. The van der Waals surface area contributed by atoms with Gasteiger partial charge in [0.2, 0.25) is 0 Å². The van der Waals surface area contributed by atoms with Crippen LogP contribution in [-0.2, 0) is 22.5 Å². The van der Waals surface area contributed by atoms with Crippen LogP contribution in [0.15, 0.2) is 71.5 Å². The van der Waals surface area contributed by atoms with Crippen molar-refractivity contribution in [2.24, 2.45) is 0 Å². The third kappa shape index (κ3) is 3.98. The number of carbonyl (C=O) groups is 1. The minimum atomic E-state index is -0.821. The average molecular weight is 369 g/mol. The molecule has 3 aromatic rings. The van der Waals surface area contributed by atoms with Crippen LogP contribution < -0.4 is 5.56 Å². The largest absolute Gasteiger partial charge is 0.351 e. The van der Waals surface area contributed by atoms with Gasteiger partial charge in [-0.25, -0.2) is 0 Å². The molecule has 0 spiro atoms. The first-order valence-electron chi connectivity index (χ1n) is 8.49. The molecule has 136 valence electrons. The van der Waals surface area contributed by atoms with Gasteiger partial charge in [0, 0.05) is 0 Å². The number of carbonyl (C=O) groups excluding carboxylic acids is 1. The topological polar surface area (TPSA) is 95.9 Å². The molecule has 0 aliphatic carbocycles. The Morgan fingerprint density at radius 1 is 1.00 bits per heavy atom. The molecule has 0 amide bonds. The molecule has 6 nitrogen and oxygen atoms in total. The summed E-state index contributed by atoms with van der Waals surface area (Å²) in [5.74, 6) is -0.821. The van der Waals surface area contributed by atoms with Crippen LogP contribution in [0, 0.1) is 22.8 Å². The number of ether oxygens (including phenoxy) is 1. The molecular weight excluding hydrogens is 354 g/mol. The van der Waals surface area contributed by atoms with Gasteiger partial charge in [0.15, 0.2) is 0 Å². The van der Waals surface area contributed by atoms with Crippen LogP contribution in [-0.4, -0.2) is 10.5 Å². The predicted molar refractivity (Wildman–Crippen MR) is 102 cm³/mol. The zero-order chi connectivity index (χ0) is 19.9. The molecule has 0 fully saturated rings. The van der Waals surface area contributed by atoms with Crippen molar-refractivity contribution in [3.05, 3.63) is 93.8 Å². The first kappa shape index (κ1) is 18.6. The Labute approximate surface area is 161 Å². The summed E-state index contributed by atoms with van der Waals surface area (Å²) in [6.07, 6.45) is 0.979. The molecule has 0 bridgehead atoms. The molecule has 3 rings (SSSR count). The highest BCUT2D eigenvalue weighted by molar-refractivity contribution is 5.75. The lowest BCUT2D eigenvalue weighted by molar-refractivity contribution is -0.136. The van der Waals surface area contributed by atoms with Crippen molar-refractivity contribution in [3.63, 3.8) is 0 Å². The Hall–Kier alpha value is -4.16. The molecule has 6 heteroatoms. The van der Waals surface area contributed by atoms with Gasteiger partial charge in [-0.3, -0.25) is 9.59 Å². The first-order chi connectivity index (χ1) is 13.6. The second kappa shape index (κ2) is 8.48. The number of rotatable bonds is 5. The lowest BCUT2D eigenvalue weighted by atomic mass is 10.0. The monoisotopic (exact) mass is 369 g/mol. The molecule has 28 heavy (non-hydrogen) atoms. The van der Waals surface area contributed by atoms with E-state index in [4.69, 9.17) is 5.26 Å². The molecule has 0 aliphatic rings. The minimum Gasteiger partial charge on any atom is -0.351 e. The Morgan fingerprint density at radius 3 is 2.25 bits per heavy atom. The summed E-state index contributed by atoms with van der Waals surface area (Å²) >= 11 is 0. The van der Waals surface area contributed by atoms with Gasteiger partial charge in [-0.05, 0) is 22.8 Å². The van der Waals surface area contributed by atoms with Crippen LogP contribution in [0.5, 0.6) is 0 Å². The lowest BCUT2D eigenvalue weighted by Gasteiger charge is -2.16. The number of nitrogens with zero attached hydrogens (tertiary/aromatic N) is 3. The standard InChI is InChI=1S/C22H15N3O3/c23-13-19-18(12-21(26)28-15-24)11-20(17-9-5-2-6-10-17)25(22(19)27)14-16-7-3-1-4-8-16/h1-11H,12,14H2. The predicted octanol–water partition coefficient (Wildman–Crippen LogP) is 3.00. The molecule has 0 saturated carbocycles. The van der Waals surface area contributed by atoms with Crippen molar-refractivity contribution in [2.75, 3.05) is 0 Å². The van der Waals surface area contributed by atoms with Gasteiger partial charge in [-0.15, -0.1) is 5.26 Å². The zero-order valence-electron chi connectivity index (χ0n) is 14.8. The van der Waals surface area contributed by atoms with Gasteiger partial charge in [-0.2, -0.15) is 5.26 Å². The van der Waals surface area contributed by atoms with Crippen molar-refractivity contribution in [3.8, 4) is 23.6 Å². The van der Waals surface area contributed by atoms with E-state index in [1.54, 1.807) is 6.07 Å². The van der Waals surface area contributed by atoms with Gasteiger partial charge in [-0.1, -0.05) is 60.7 Å². The zero-order valence-corrected chi connectivity index (χ0v) is 14.8. The summed E-state index contributed by atoms with van der Waals surface area (Å²) in [4.78, 5) is 24.8. The average Bonchev–Trinajstić information content (AvgIpc) is 2.71. The first-order valence-corrected chi connectivity index (χ1v) is 8.49. The Bertz CT molecular complexity index is 1140. The fourth-order valence-electron chi connectivity index (χ4n) is 2.97. The highest BCUT2D eigenvalue weighted by Gasteiger charge is 2.19. The highest BCUT2D eigenvalue weighted by Crippen LogP contribution is 2.22. The van der Waals surface area contributed by atoms with E-state index >= 15 is 0 Å². The molecule has 0 atom stereocenters. The molecule has 1 aromatic heterocycles. The second-order valence-electron chi connectivity index (χ2n) is 6.03. The van der Waals surface area contributed by atoms with Gasteiger partial charge in [0.1, 0.15) is 11.6 Å². The molecule has 0 saturated heterocycles. The lowest BCUT2D eigenvalue weighted by Crippen LogP contribution is -2.27. The molecule has 0 radical (unpaired) electrons. The second-order valence-corrected chi connectivity index (χ2v) is 6.03. The van der Waals surface area contributed by atoms with Crippen molar-refractivity contribution < 1.29 is 9.53 Å². The van der Waals surface area contributed by atoms with Gasteiger partial charge >= 0.3 is 5.97 Å². The number of aromatic nitrogens is 1.